The van der Waals surface area contributed by atoms with Gasteiger partial charge in [0.25, 0.3) is 5.91 Å². The monoisotopic (exact) mass is 331 g/mol. The molecule has 0 unspecified atom stereocenters. The maximum atomic E-state index is 12.7. The molecule has 2 aromatic rings. The summed E-state index contributed by atoms with van der Waals surface area (Å²) in [4.78, 5) is 19.9. The number of likely N-dealkylation sites (tertiary alicyclic amines) is 1. The van der Waals surface area contributed by atoms with Gasteiger partial charge in [-0.15, -0.1) is 5.10 Å². The zero-order valence-corrected chi connectivity index (χ0v) is 14.5. The summed E-state index contributed by atoms with van der Waals surface area (Å²) in [7, 11) is 1.91. The van der Waals surface area contributed by atoms with Crippen molar-refractivity contribution >= 4 is 23.1 Å². The first-order valence-corrected chi connectivity index (χ1v) is 8.66. The normalized spacial score (nSPS) is 17.5. The van der Waals surface area contributed by atoms with E-state index in [0.717, 1.165) is 42.2 Å². The molecule has 3 rings (SSSR count). The molecule has 1 saturated heterocycles. The summed E-state index contributed by atoms with van der Waals surface area (Å²) < 4.78 is 3.92. The van der Waals surface area contributed by atoms with Crippen LogP contribution in [-0.4, -0.2) is 45.5 Å². The maximum Gasteiger partial charge on any atom is 0.267 e. The lowest BCUT2D eigenvalue weighted by Gasteiger charge is -2.16. The summed E-state index contributed by atoms with van der Waals surface area (Å²) in [5.41, 5.74) is 3.92. The van der Waals surface area contributed by atoms with Crippen molar-refractivity contribution in [1.82, 2.24) is 19.5 Å². The van der Waals surface area contributed by atoms with E-state index in [1.165, 1.54) is 11.5 Å². The molecule has 0 bridgehead atoms. The first kappa shape index (κ1) is 15.9. The molecule has 7 heteroatoms. The molecule has 0 spiro atoms. The molecule has 0 radical (unpaired) electrons. The average molecular weight is 331 g/mol. The molecule has 1 amide bonds. The Hall–Kier alpha value is -2.02. The Morgan fingerprint density at radius 3 is 3.04 bits per heavy atom. The lowest BCUT2D eigenvalue weighted by Crippen LogP contribution is -2.28. The van der Waals surface area contributed by atoms with Gasteiger partial charge in [0.2, 0.25) is 0 Å². The first-order valence-electron chi connectivity index (χ1n) is 7.89. The number of rotatable bonds is 4. The molecule has 1 atom stereocenters. The van der Waals surface area contributed by atoms with E-state index in [9.17, 15) is 4.79 Å². The fourth-order valence-electron chi connectivity index (χ4n) is 2.98. The van der Waals surface area contributed by atoms with E-state index in [-0.39, 0.29) is 11.8 Å². The fourth-order valence-corrected chi connectivity index (χ4v) is 3.70. The predicted octanol–water partition coefficient (Wildman–Crippen LogP) is 2.48. The third-order valence-corrected chi connectivity index (χ3v) is 5.00. The minimum absolute atomic E-state index is 0.0563. The van der Waals surface area contributed by atoms with Gasteiger partial charge in [-0.2, -0.15) is 0 Å². The molecule has 122 valence electrons. The smallest absolute Gasteiger partial charge is 0.267 e. The van der Waals surface area contributed by atoms with Crippen molar-refractivity contribution in [3.63, 3.8) is 0 Å². The van der Waals surface area contributed by atoms with Gasteiger partial charge in [0, 0.05) is 43.1 Å². The van der Waals surface area contributed by atoms with Crippen LogP contribution in [0.15, 0.2) is 12.1 Å². The Morgan fingerprint density at radius 2 is 2.30 bits per heavy atom. The van der Waals surface area contributed by atoms with Crippen molar-refractivity contribution in [2.75, 3.05) is 25.5 Å². The SMILES string of the molecule is CCc1nnsc1C(=O)N1CC[C@H](c2cc(NC)cc(C)n2)C1. The van der Waals surface area contributed by atoms with Crippen LogP contribution in [0.1, 0.15) is 46.0 Å². The number of pyridine rings is 1. The van der Waals surface area contributed by atoms with Crippen LogP contribution >= 0.6 is 11.5 Å². The lowest BCUT2D eigenvalue weighted by molar-refractivity contribution is 0.0794. The van der Waals surface area contributed by atoms with E-state index in [1.807, 2.05) is 31.9 Å². The van der Waals surface area contributed by atoms with Gasteiger partial charge in [-0.1, -0.05) is 11.4 Å². The molecule has 2 aromatic heterocycles. The number of nitrogens with one attached hydrogen (secondary N) is 1. The molecular weight excluding hydrogens is 310 g/mol. The fraction of sp³-hybridized carbons (Fsp3) is 0.500. The van der Waals surface area contributed by atoms with Crippen molar-refractivity contribution in [2.24, 2.45) is 0 Å². The zero-order chi connectivity index (χ0) is 16.4. The van der Waals surface area contributed by atoms with Crippen LogP contribution in [-0.2, 0) is 6.42 Å². The molecule has 0 aromatic carbocycles. The third kappa shape index (κ3) is 3.19. The van der Waals surface area contributed by atoms with Crippen LogP contribution in [0.5, 0.6) is 0 Å². The number of aryl methyl sites for hydroxylation is 2. The highest BCUT2D eigenvalue weighted by Crippen LogP contribution is 2.29. The van der Waals surface area contributed by atoms with Crippen LogP contribution in [0.25, 0.3) is 0 Å². The van der Waals surface area contributed by atoms with Gasteiger partial charge in [-0.05, 0) is 43.4 Å². The second kappa shape index (κ2) is 6.62. The Kier molecular flexibility index (Phi) is 4.56. The van der Waals surface area contributed by atoms with Crippen LogP contribution in [0.2, 0.25) is 0 Å². The van der Waals surface area contributed by atoms with Crippen molar-refractivity contribution in [3.05, 3.63) is 34.1 Å². The van der Waals surface area contributed by atoms with Crippen LogP contribution < -0.4 is 5.32 Å². The predicted molar refractivity (Wildman–Crippen MR) is 91.1 cm³/mol. The molecule has 3 heterocycles. The number of aromatic nitrogens is 3. The molecule has 1 N–H and O–H groups in total. The maximum absolute atomic E-state index is 12.7. The summed E-state index contributed by atoms with van der Waals surface area (Å²) in [6.45, 7) is 5.46. The zero-order valence-electron chi connectivity index (χ0n) is 13.7. The molecule has 6 nitrogen and oxygen atoms in total. The second-order valence-electron chi connectivity index (χ2n) is 5.81. The largest absolute Gasteiger partial charge is 0.388 e. The van der Waals surface area contributed by atoms with Crippen molar-refractivity contribution < 1.29 is 4.79 Å². The highest BCUT2D eigenvalue weighted by atomic mass is 32.1. The minimum atomic E-state index is 0.0563. The van der Waals surface area contributed by atoms with Gasteiger partial charge in [0.05, 0.1) is 5.69 Å². The van der Waals surface area contributed by atoms with E-state index in [0.29, 0.717) is 11.4 Å². The molecule has 1 aliphatic rings. The number of nitrogens with zero attached hydrogens (tertiary/aromatic N) is 4. The number of carbonyl (C=O) groups is 1. The number of hydrogen-bond acceptors (Lipinski definition) is 6. The molecule has 0 saturated carbocycles. The van der Waals surface area contributed by atoms with E-state index < -0.39 is 0 Å². The summed E-state index contributed by atoms with van der Waals surface area (Å²) in [6, 6.07) is 4.11. The van der Waals surface area contributed by atoms with E-state index in [1.54, 1.807) is 0 Å². The number of hydrogen-bond donors (Lipinski definition) is 1. The molecule has 1 fully saturated rings. The number of anilines is 1. The summed E-state index contributed by atoms with van der Waals surface area (Å²) in [6.07, 6.45) is 1.68. The quantitative estimate of drug-likeness (QED) is 0.932. The van der Waals surface area contributed by atoms with Crippen molar-refractivity contribution in [3.8, 4) is 0 Å². The molecule has 1 aliphatic heterocycles. The molecule has 23 heavy (non-hydrogen) atoms. The minimum Gasteiger partial charge on any atom is -0.388 e. The highest BCUT2D eigenvalue weighted by Gasteiger charge is 2.31. The van der Waals surface area contributed by atoms with E-state index in [2.05, 4.69) is 26.0 Å². The topological polar surface area (TPSA) is 71.0 Å². The standard InChI is InChI=1S/C16H21N5OS/c1-4-13-15(23-20-19-13)16(22)21-6-5-11(9-21)14-8-12(17-3)7-10(2)18-14/h7-8,11H,4-6,9H2,1-3H3,(H,17,18)/t11-/m0/s1. The van der Waals surface area contributed by atoms with Gasteiger partial charge in [-0.25, -0.2) is 0 Å². The summed E-state index contributed by atoms with van der Waals surface area (Å²) in [5, 5.41) is 7.21. The van der Waals surface area contributed by atoms with Crippen LogP contribution in [0.3, 0.4) is 0 Å². The molecule has 0 aliphatic carbocycles. The number of amides is 1. The Morgan fingerprint density at radius 1 is 1.48 bits per heavy atom. The van der Waals surface area contributed by atoms with Crippen molar-refractivity contribution in [2.45, 2.75) is 32.6 Å². The second-order valence-corrected chi connectivity index (χ2v) is 6.57. The Balaban J connectivity index is 1.76. The summed E-state index contributed by atoms with van der Waals surface area (Å²) >= 11 is 1.20. The van der Waals surface area contributed by atoms with Gasteiger partial charge in [0.15, 0.2) is 0 Å². The van der Waals surface area contributed by atoms with Crippen LogP contribution in [0.4, 0.5) is 5.69 Å². The van der Waals surface area contributed by atoms with E-state index >= 15 is 0 Å². The van der Waals surface area contributed by atoms with Crippen LogP contribution in [0, 0.1) is 6.92 Å². The third-order valence-electron chi connectivity index (χ3n) is 4.24. The molecular formula is C16H21N5OS. The summed E-state index contributed by atoms with van der Waals surface area (Å²) in [5.74, 6) is 0.345. The Labute approximate surface area is 140 Å². The lowest BCUT2D eigenvalue weighted by atomic mass is 10.0. The van der Waals surface area contributed by atoms with Crippen molar-refractivity contribution in [1.29, 1.82) is 0 Å². The highest BCUT2D eigenvalue weighted by molar-refractivity contribution is 7.08. The van der Waals surface area contributed by atoms with Gasteiger partial charge in [0.1, 0.15) is 4.88 Å². The first-order chi connectivity index (χ1) is 11.1. The van der Waals surface area contributed by atoms with Gasteiger partial charge < -0.3 is 10.2 Å². The average Bonchev–Trinajstić information content (AvgIpc) is 3.22. The van der Waals surface area contributed by atoms with E-state index in [4.69, 9.17) is 0 Å². The Bertz CT molecular complexity index is 714. The van der Waals surface area contributed by atoms with Gasteiger partial charge in [-0.3, -0.25) is 9.78 Å². The van der Waals surface area contributed by atoms with Gasteiger partial charge >= 0.3 is 0 Å². The number of carbonyl (C=O) groups excluding carboxylic acids is 1.